The number of morpholine rings is 1. The summed E-state index contributed by atoms with van der Waals surface area (Å²) in [5.74, 6) is 0.826. The fourth-order valence-electron chi connectivity index (χ4n) is 2.23. The first-order chi connectivity index (χ1) is 12.3. The number of nitrogens with one attached hydrogen (secondary N) is 3. The van der Waals surface area contributed by atoms with E-state index < -0.39 is 0 Å². The lowest BCUT2D eigenvalue weighted by atomic mass is 10.2. The Hall–Kier alpha value is -3.34. The van der Waals surface area contributed by atoms with Gasteiger partial charge in [0.15, 0.2) is 17.2 Å². The van der Waals surface area contributed by atoms with Crippen LogP contribution in [-0.2, 0) is 4.74 Å². The molecule has 0 spiro atoms. The predicted octanol–water partition coefficient (Wildman–Crippen LogP) is 0.154. The van der Waals surface area contributed by atoms with Gasteiger partial charge in [-0.25, -0.2) is 9.97 Å². The van der Waals surface area contributed by atoms with Gasteiger partial charge >= 0.3 is 0 Å². The Morgan fingerprint density at radius 2 is 2.12 bits per heavy atom. The average molecular weight is 337 g/mol. The van der Waals surface area contributed by atoms with Crippen LogP contribution in [0.4, 0.5) is 17.3 Å². The van der Waals surface area contributed by atoms with Gasteiger partial charge in [0.2, 0.25) is 0 Å². The van der Waals surface area contributed by atoms with Crippen LogP contribution in [0.15, 0.2) is 18.5 Å². The van der Waals surface area contributed by atoms with E-state index in [0.717, 1.165) is 13.1 Å². The number of nitriles is 2. The zero-order valence-corrected chi connectivity index (χ0v) is 13.2. The van der Waals surface area contributed by atoms with Crippen molar-refractivity contribution in [2.75, 3.05) is 36.9 Å². The minimum absolute atomic E-state index is 0.0225. The van der Waals surface area contributed by atoms with Gasteiger partial charge in [0.05, 0.1) is 30.8 Å². The first kappa shape index (κ1) is 16.5. The molecule has 10 nitrogen and oxygen atoms in total. The minimum Gasteiger partial charge on any atom is -0.380 e. The highest BCUT2D eigenvalue weighted by molar-refractivity contribution is 5.62. The number of nitrogens with zero attached hydrogens (tertiary/aromatic N) is 6. The first-order valence-corrected chi connectivity index (χ1v) is 7.61. The zero-order chi connectivity index (χ0) is 17.5. The van der Waals surface area contributed by atoms with Crippen LogP contribution in [0.5, 0.6) is 0 Å². The lowest BCUT2D eigenvalue weighted by Gasteiger charge is -2.24. The molecule has 10 heteroatoms. The molecular formula is C15H15N9O. The molecular weight excluding hydrogens is 322 g/mol. The van der Waals surface area contributed by atoms with Crippen molar-refractivity contribution >= 4 is 17.3 Å². The maximum absolute atomic E-state index is 9.18. The molecule has 0 amide bonds. The van der Waals surface area contributed by atoms with Gasteiger partial charge in [-0.2, -0.15) is 10.5 Å². The van der Waals surface area contributed by atoms with Crippen molar-refractivity contribution in [2.45, 2.75) is 6.10 Å². The first-order valence-electron chi connectivity index (χ1n) is 7.61. The van der Waals surface area contributed by atoms with E-state index in [4.69, 9.17) is 10.00 Å². The number of ether oxygens (including phenoxy) is 1. The van der Waals surface area contributed by atoms with Gasteiger partial charge in [0, 0.05) is 25.7 Å². The van der Waals surface area contributed by atoms with Crippen molar-refractivity contribution in [1.29, 1.82) is 10.5 Å². The third-order valence-electron chi connectivity index (χ3n) is 3.45. The third-order valence-corrected chi connectivity index (χ3v) is 3.45. The maximum atomic E-state index is 9.18. The highest BCUT2D eigenvalue weighted by Crippen LogP contribution is 2.18. The summed E-state index contributed by atoms with van der Waals surface area (Å²) in [4.78, 5) is 7.98. The number of rotatable bonds is 5. The SMILES string of the molecule is N#Cc1cnc(Nc2cc(NC[C@@H]3CNCCO3)c(C#N)nn2)cn1. The van der Waals surface area contributed by atoms with Crippen molar-refractivity contribution < 1.29 is 4.74 Å². The molecule has 1 aliphatic rings. The monoisotopic (exact) mass is 337 g/mol. The van der Waals surface area contributed by atoms with Crippen molar-refractivity contribution in [3.63, 3.8) is 0 Å². The Morgan fingerprint density at radius 1 is 1.20 bits per heavy atom. The summed E-state index contributed by atoms with van der Waals surface area (Å²) in [5, 5.41) is 35.1. The molecule has 0 aliphatic carbocycles. The van der Waals surface area contributed by atoms with Gasteiger partial charge in [-0.1, -0.05) is 0 Å². The van der Waals surface area contributed by atoms with E-state index in [-0.39, 0.29) is 17.5 Å². The van der Waals surface area contributed by atoms with E-state index in [2.05, 4.69) is 36.1 Å². The van der Waals surface area contributed by atoms with E-state index in [9.17, 15) is 5.26 Å². The standard InChI is InChI=1S/C15H15N9O/c16-4-10-6-21-15(9-19-10)22-14-3-12(13(5-17)23-24-14)20-8-11-7-18-1-2-25-11/h3,6,9,11,18H,1-2,7-8H2,(H2,20,21,22,24)/t11-/m0/s1. The predicted molar refractivity (Wildman–Crippen MR) is 87.9 cm³/mol. The largest absolute Gasteiger partial charge is 0.380 e. The molecule has 1 saturated heterocycles. The summed E-state index contributed by atoms with van der Waals surface area (Å²) < 4.78 is 5.62. The van der Waals surface area contributed by atoms with Crippen LogP contribution in [-0.4, -0.2) is 52.5 Å². The topological polar surface area (TPSA) is 144 Å². The Bertz CT molecular complexity index is 803. The molecule has 1 aliphatic heterocycles. The van der Waals surface area contributed by atoms with E-state index in [1.807, 2.05) is 12.1 Å². The van der Waals surface area contributed by atoms with Gasteiger partial charge in [-0.05, 0) is 0 Å². The lowest BCUT2D eigenvalue weighted by molar-refractivity contribution is 0.0372. The summed E-state index contributed by atoms with van der Waals surface area (Å²) in [7, 11) is 0. The smallest absolute Gasteiger partial charge is 0.186 e. The number of aromatic nitrogens is 4. The van der Waals surface area contributed by atoms with Crippen LogP contribution in [0.3, 0.4) is 0 Å². The van der Waals surface area contributed by atoms with Crippen LogP contribution in [0.25, 0.3) is 0 Å². The van der Waals surface area contributed by atoms with Crippen LogP contribution < -0.4 is 16.0 Å². The highest BCUT2D eigenvalue weighted by Gasteiger charge is 2.15. The summed E-state index contributed by atoms with van der Waals surface area (Å²) >= 11 is 0. The Kier molecular flexibility index (Phi) is 5.26. The normalized spacial score (nSPS) is 16.5. The molecule has 0 bridgehead atoms. The molecule has 3 N–H and O–H groups in total. The quantitative estimate of drug-likeness (QED) is 0.689. The lowest BCUT2D eigenvalue weighted by Crippen LogP contribution is -2.42. The molecule has 0 unspecified atom stereocenters. The van der Waals surface area contributed by atoms with Gasteiger partial charge in [-0.3, -0.25) is 0 Å². The summed E-state index contributed by atoms with van der Waals surface area (Å²) in [5.41, 5.74) is 0.968. The Labute approximate surface area is 143 Å². The van der Waals surface area contributed by atoms with Crippen molar-refractivity contribution in [2.24, 2.45) is 0 Å². The second-order valence-corrected chi connectivity index (χ2v) is 5.21. The molecule has 2 aromatic rings. The number of hydrogen-bond donors (Lipinski definition) is 3. The van der Waals surface area contributed by atoms with E-state index in [1.54, 1.807) is 6.07 Å². The summed E-state index contributed by atoms with van der Waals surface area (Å²) in [6.45, 7) is 2.80. The van der Waals surface area contributed by atoms with Crippen LogP contribution in [0.2, 0.25) is 0 Å². The molecule has 25 heavy (non-hydrogen) atoms. The maximum Gasteiger partial charge on any atom is 0.186 e. The second-order valence-electron chi connectivity index (χ2n) is 5.21. The second kappa shape index (κ2) is 7.97. The molecule has 0 saturated carbocycles. The summed E-state index contributed by atoms with van der Waals surface area (Å²) in [6, 6.07) is 5.57. The van der Waals surface area contributed by atoms with Crippen LogP contribution in [0.1, 0.15) is 11.4 Å². The van der Waals surface area contributed by atoms with Crippen molar-refractivity contribution in [3.8, 4) is 12.1 Å². The van der Waals surface area contributed by atoms with E-state index in [0.29, 0.717) is 30.5 Å². The molecule has 1 fully saturated rings. The van der Waals surface area contributed by atoms with E-state index >= 15 is 0 Å². The third kappa shape index (κ3) is 4.35. The van der Waals surface area contributed by atoms with Gasteiger partial charge in [0.1, 0.15) is 18.0 Å². The van der Waals surface area contributed by atoms with Crippen LogP contribution in [0, 0.1) is 22.7 Å². The molecule has 1 atom stereocenters. The zero-order valence-electron chi connectivity index (χ0n) is 13.2. The van der Waals surface area contributed by atoms with Crippen LogP contribution >= 0.6 is 0 Å². The molecule has 0 radical (unpaired) electrons. The van der Waals surface area contributed by atoms with E-state index in [1.165, 1.54) is 12.4 Å². The fourth-order valence-corrected chi connectivity index (χ4v) is 2.23. The molecule has 3 heterocycles. The van der Waals surface area contributed by atoms with Gasteiger partial charge < -0.3 is 20.7 Å². The average Bonchev–Trinajstić information content (AvgIpc) is 2.68. The van der Waals surface area contributed by atoms with Gasteiger partial charge in [0.25, 0.3) is 0 Å². The molecule has 3 rings (SSSR count). The Morgan fingerprint density at radius 3 is 2.80 bits per heavy atom. The minimum atomic E-state index is 0.0225. The Balaban J connectivity index is 1.70. The number of anilines is 3. The molecule has 2 aromatic heterocycles. The van der Waals surface area contributed by atoms with Crippen molar-refractivity contribution in [3.05, 3.63) is 29.8 Å². The highest BCUT2D eigenvalue weighted by atomic mass is 16.5. The molecule has 0 aromatic carbocycles. The fraction of sp³-hybridized carbons (Fsp3) is 0.333. The number of hydrogen-bond acceptors (Lipinski definition) is 10. The summed E-state index contributed by atoms with van der Waals surface area (Å²) in [6.07, 6.45) is 2.80. The van der Waals surface area contributed by atoms with Gasteiger partial charge in [-0.15, -0.1) is 10.2 Å². The molecule has 126 valence electrons. The van der Waals surface area contributed by atoms with Crippen molar-refractivity contribution in [1.82, 2.24) is 25.5 Å².